The van der Waals surface area contributed by atoms with E-state index in [0.29, 0.717) is 15.8 Å². The third-order valence-corrected chi connectivity index (χ3v) is 3.41. The maximum absolute atomic E-state index is 12.6. The maximum Gasteiger partial charge on any atom is 0.307 e. The second kappa shape index (κ2) is 7.74. The minimum Gasteiger partial charge on any atom is -0.469 e. The van der Waals surface area contributed by atoms with Crippen molar-refractivity contribution < 1.29 is 18.7 Å². The lowest BCUT2D eigenvalue weighted by Gasteiger charge is -2.21. The van der Waals surface area contributed by atoms with Crippen molar-refractivity contribution in [3.8, 4) is 0 Å². The van der Waals surface area contributed by atoms with E-state index in [0.717, 1.165) is 0 Å². The molecule has 0 radical (unpaired) electrons. The zero-order chi connectivity index (χ0) is 15.9. The fourth-order valence-corrected chi connectivity index (χ4v) is 2.25. The number of esters is 1. The Hall–Kier alpha value is -2.15. The second-order valence-corrected chi connectivity index (χ2v) is 5.44. The molecule has 0 N–H and O–H groups in total. The van der Waals surface area contributed by atoms with Gasteiger partial charge in [0.2, 0.25) is 0 Å². The second-order valence-electron chi connectivity index (χ2n) is 4.52. The summed E-state index contributed by atoms with van der Waals surface area (Å²) in [7, 11) is 1.32. The van der Waals surface area contributed by atoms with Gasteiger partial charge >= 0.3 is 5.97 Å². The van der Waals surface area contributed by atoms with Crippen LogP contribution in [-0.2, 0) is 16.1 Å². The molecule has 22 heavy (non-hydrogen) atoms. The van der Waals surface area contributed by atoms with Gasteiger partial charge in [-0.25, -0.2) is 0 Å². The lowest BCUT2D eigenvalue weighted by atomic mass is 10.2. The average molecular weight is 367 g/mol. The zero-order valence-corrected chi connectivity index (χ0v) is 13.6. The Labute approximate surface area is 136 Å². The molecule has 2 heterocycles. The lowest BCUT2D eigenvalue weighted by Crippen LogP contribution is -2.32. The van der Waals surface area contributed by atoms with Crippen molar-refractivity contribution >= 4 is 27.8 Å². The van der Waals surface area contributed by atoms with Crippen LogP contribution in [0.1, 0.15) is 22.5 Å². The summed E-state index contributed by atoms with van der Waals surface area (Å²) in [6, 6.07) is 5.21. The largest absolute Gasteiger partial charge is 0.469 e. The van der Waals surface area contributed by atoms with Crippen LogP contribution in [0.2, 0.25) is 0 Å². The molecule has 0 unspecified atom stereocenters. The number of aromatic nitrogens is 1. The molecule has 0 aliphatic heterocycles. The van der Waals surface area contributed by atoms with Crippen LogP contribution in [0, 0.1) is 0 Å². The van der Waals surface area contributed by atoms with Crippen molar-refractivity contribution in [1.82, 2.24) is 9.88 Å². The topological polar surface area (TPSA) is 72.6 Å². The van der Waals surface area contributed by atoms with Gasteiger partial charge in [-0.15, -0.1) is 0 Å². The molecule has 116 valence electrons. The van der Waals surface area contributed by atoms with Gasteiger partial charge in [-0.1, -0.05) is 0 Å². The summed E-state index contributed by atoms with van der Waals surface area (Å²) in [6.45, 7) is 0.508. The molecular weight excluding hydrogens is 352 g/mol. The zero-order valence-electron chi connectivity index (χ0n) is 12.0. The number of ether oxygens (including phenoxy) is 1. The highest BCUT2D eigenvalue weighted by Gasteiger charge is 2.19. The Kier molecular flexibility index (Phi) is 5.71. The first-order valence-corrected chi connectivity index (χ1v) is 7.38. The molecule has 0 fully saturated rings. The summed E-state index contributed by atoms with van der Waals surface area (Å²) in [5, 5.41) is 0. The van der Waals surface area contributed by atoms with Gasteiger partial charge in [0, 0.05) is 23.4 Å². The summed E-state index contributed by atoms with van der Waals surface area (Å²) in [5.74, 6) is 0.0416. The van der Waals surface area contributed by atoms with Crippen LogP contribution >= 0.6 is 15.9 Å². The quantitative estimate of drug-likeness (QED) is 0.734. The average Bonchev–Trinajstić information content (AvgIpc) is 3.03. The van der Waals surface area contributed by atoms with Gasteiger partial charge in [0.1, 0.15) is 5.76 Å². The Balaban J connectivity index is 2.15. The first-order chi connectivity index (χ1) is 10.6. The number of hydrogen-bond donors (Lipinski definition) is 0. The first kappa shape index (κ1) is 16.2. The summed E-state index contributed by atoms with van der Waals surface area (Å²) in [4.78, 5) is 29.4. The molecule has 1 amide bonds. The van der Waals surface area contributed by atoms with Crippen LogP contribution < -0.4 is 0 Å². The molecule has 0 aliphatic carbocycles. The highest BCUT2D eigenvalue weighted by atomic mass is 79.9. The van der Waals surface area contributed by atoms with Gasteiger partial charge in [-0.3, -0.25) is 14.6 Å². The van der Waals surface area contributed by atoms with Crippen LogP contribution in [0.3, 0.4) is 0 Å². The Morgan fingerprint density at radius 3 is 2.86 bits per heavy atom. The third kappa shape index (κ3) is 4.42. The number of carbonyl (C=O) groups excluding carboxylic acids is 2. The maximum atomic E-state index is 12.6. The summed E-state index contributed by atoms with van der Waals surface area (Å²) >= 11 is 3.29. The van der Waals surface area contributed by atoms with Crippen LogP contribution in [0.15, 0.2) is 45.7 Å². The molecule has 2 aromatic rings. The smallest absolute Gasteiger partial charge is 0.307 e. The van der Waals surface area contributed by atoms with E-state index in [2.05, 4.69) is 25.7 Å². The SMILES string of the molecule is COC(=O)CCN(Cc1ccco1)C(=O)c1cncc(Br)c1. The number of hydrogen-bond acceptors (Lipinski definition) is 5. The van der Waals surface area contributed by atoms with Crippen molar-refractivity contribution in [2.45, 2.75) is 13.0 Å². The Morgan fingerprint density at radius 2 is 2.23 bits per heavy atom. The van der Waals surface area contributed by atoms with E-state index in [9.17, 15) is 9.59 Å². The number of furan rings is 1. The van der Waals surface area contributed by atoms with Crippen LogP contribution in [0.5, 0.6) is 0 Å². The summed E-state index contributed by atoms with van der Waals surface area (Å²) < 4.78 is 10.6. The lowest BCUT2D eigenvalue weighted by molar-refractivity contribution is -0.140. The van der Waals surface area contributed by atoms with Crippen LogP contribution in [0.25, 0.3) is 0 Å². The summed E-state index contributed by atoms with van der Waals surface area (Å²) in [6.07, 6.45) is 4.74. The number of rotatable bonds is 6. The van der Waals surface area contributed by atoms with Gasteiger partial charge in [0.05, 0.1) is 31.9 Å². The molecule has 0 spiro atoms. The highest BCUT2D eigenvalue weighted by Crippen LogP contribution is 2.14. The molecule has 0 atom stereocenters. The highest BCUT2D eigenvalue weighted by molar-refractivity contribution is 9.10. The van der Waals surface area contributed by atoms with Gasteiger partial charge < -0.3 is 14.1 Å². The number of nitrogens with zero attached hydrogens (tertiary/aromatic N) is 2. The monoisotopic (exact) mass is 366 g/mol. The first-order valence-electron chi connectivity index (χ1n) is 6.59. The van der Waals surface area contributed by atoms with E-state index in [1.807, 2.05) is 0 Å². The van der Waals surface area contributed by atoms with E-state index >= 15 is 0 Å². The van der Waals surface area contributed by atoms with Crippen LogP contribution in [-0.4, -0.2) is 35.4 Å². The molecule has 0 aromatic carbocycles. The number of amides is 1. The number of methoxy groups -OCH3 is 1. The van der Waals surface area contributed by atoms with E-state index in [1.165, 1.54) is 18.2 Å². The molecule has 6 nitrogen and oxygen atoms in total. The molecule has 7 heteroatoms. The number of halogens is 1. The number of carbonyl (C=O) groups is 2. The fourth-order valence-electron chi connectivity index (χ4n) is 1.88. The van der Waals surface area contributed by atoms with E-state index in [4.69, 9.17) is 4.42 Å². The van der Waals surface area contributed by atoms with Gasteiger partial charge in [-0.2, -0.15) is 0 Å². The van der Waals surface area contributed by atoms with Gasteiger partial charge in [0.15, 0.2) is 0 Å². The Morgan fingerprint density at radius 1 is 1.41 bits per heavy atom. The molecular formula is C15H15BrN2O4. The summed E-state index contributed by atoms with van der Waals surface area (Å²) in [5.41, 5.74) is 0.436. The number of pyridine rings is 1. The van der Waals surface area contributed by atoms with Crippen molar-refractivity contribution in [1.29, 1.82) is 0 Å². The molecule has 0 aliphatic rings. The fraction of sp³-hybridized carbons (Fsp3) is 0.267. The van der Waals surface area contributed by atoms with Crippen molar-refractivity contribution in [2.75, 3.05) is 13.7 Å². The predicted molar refractivity (Wildman–Crippen MR) is 82.0 cm³/mol. The van der Waals surface area contributed by atoms with E-state index in [1.54, 1.807) is 30.7 Å². The minimum atomic E-state index is -0.371. The van der Waals surface area contributed by atoms with Gasteiger partial charge in [0.25, 0.3) is 5.91 Å². The van der Waals surface area contributed by atoms with E-state index in [-0.39, 0.29) is 31.4 Å². The van der Waals surface area contributed by atoms with Gasteiger partial charge in [-0.05, 0) is 34.1 Å². The standard InChI is InChI=1S/C15H15BrN2O4/c1-21-14(19)4-5-18(10-13-3-2-6-22-13)15(20)11-7-12(16)9-17-8-11/h2-3,6-9H,4-5,10H2,1H3. The molecule has 0 saturated carbocycles. The van der Waals surface area contributed by atoms with Crippen molar-refractivity contribution in [3.05, 3.63) is 52.7 Å². The third-order valence-electron chi connectivity index (χ3n) is 2.98. The van der Waals surface area contributed by atoms with E-state index < -0.39 is 0 Å². The molecule has 0 saturated heterocycles. The Bertz CT molecular complexity index is 643. The predicted octanol–water partition coefficient (Wildman–Crippen LogP) is 2.64. The normalized spacial score (nSPS) is 10.3. The van der Waals surface area contributed by atoms with Crippen molar-refractivity contribution in [2.24, 2.45) is 0 Å². The molecule has 0 bridgehead atoms. The van der Waals surface area contributed by atoms with Crippen molar-refractivity contribution in [3.63, 3.8) is 0 Å². The molecule has 2 rings (SSSR count). The van der Waals surface area contributed by atoms with Crippen LogP contribution in [0.4, 0.5) is 0 Å². The molecule has 2 aromatic heterocycles. The minimum absolute atomic E-state index is 0.115.